The number of guanidine groups is 1. The number of fused-ring (bicyclic) bond motifs is 1. The highest BCUT2D eigenvalue weighted by atomic mass is 32.1. The number of hydrogen-bond acceptors (Lipinski definition) is 3. The maximum Gasteiger partial charge on any atom is 0.229 e. The predicted molar refractivity (Wildman–Crippen MR) is 135 cm³/mol. The lowest BCUT2D eigenvalue weighted by molar-refractivity contribution is 0.393. The Hall–Kier alpha value is -3.32. The third-order valence-electron chi connectivity index (χ3n) is 5.47. The fraction of sp³-hybridized carbons (Fsp3) is 0.280. The lowest BCUT2D eigenvalue weighted by Gasteiger charge is -2.31. The van der Waals surface area contributed by atoms with Gasteiger partial charge in [0.25, 0.3) is 0 Å². The molecule has 0 saturated carbocycles. The highest BCUT2D eigenvalue weighted by molar-refractivity contribution is 7.80. The Balaban J connectivity index is 1.62. The van der Waals surface area contributed by atoms with Crippen molar-refractivity contribution in [3.05, 3.63) is 82.2 Å². The smallest absolute Gasteiger partial charge is 0.229 e. The predicted octanol–water partition coefficient (Wildman–Crippen LogP) is 4.93. The average Bonchev–Trinajstić information content (AvgIpc) is 2.74. The van der Waals surface area contributed by atoms with Gasteiger partial charge in [-0.25, -0.2) is 9.97 Å². The van der Waals surface area contributed by atoms with Crippen LogP contribution in [0.2, 0.25) is 0 Å². The lowest BCUT2D eigenvalue weighted by Crippen LogP contribution is -2.41. The Kier molecular flexibility index (Phi) is 6.46. The minimum atomic E-state index is 0.391. The summed E-state index contributed by atoms with van der Waals surface area (Å²) in [6, 6.07) is 16.7. The molecule has 0 bridgehead atoms. The monoisotopic (exact) mass is 444 g/mol. The molecule has 164 valence electrons. The average molecular weight is 445 g/mol. The molecule has 1 aromatic heterocycles. The molecule has 0 amide bonds. The molecule has 0 spiro atoms. The summed E-state index contributed by atoms with van der Waals surface area (Å²) in [5.74, 6) is 1.17. The second kappa shape index (κ2) is 9.44. The zero-order chi connectivity index (χ0) is 22.7. The topological polar surface area (TPSA) is 65.4 Å². The normalized spacial score (nSPS) is 13.5. The SMILES string of the molecule is Cc1ccc(NC(=S)/N=C(/Nc2nc(C)cc(C)n2)N2CCc3ccccc3C2)c(C)c1. The van der Waals surface area contributed by atoms with Crippen molar-refractivity contribution in [2.24, 2.45) is 4.99 Å². The largest absolute Gasteiger partial charge is 0.338 e. The summed E-state index contributed by atoms with van der Waals surface area (Å²) in [6.07, 6.45) is 0.946. The third kappa shape index (κ3) is 5.29. The Morgan fingerprint density at radius 1 is 0.938 bits per heavy atom. The van der Waals surface area contributed by atoms with E-state index in [-0.39, 0.29) is 0 Å². The number of aryl methyl sites for hydroxylation is 4. The Morgan fingerprint density at radius 3 is 2.38 bits per heavy atom. The lowest BCUT2D eigenvalue weighted by atomic mass is 10.0. The standard InChI is InChI=1S/C25H28N6S/c1-16-9-10-22(17(2)13-16)28-25(32)30-24(29-23-26-18(3)14-19(4)27-23)31-12-11-20-7-5-6-8-21(20)15-31/h5-10,13-14H,11-12,15H2,1-4H3,(H2,26,27,28,29,30,32). The van der Waals surface area contributed by atoms with Crippen molar-refractivity contribution in [1.82, 2.24) is 14.9 Å². The number of aliphatic imine (C=N–C) groups is 1. The molecule has 3 aromatic rings. The van der Waals surface area contributed by atoms with Crippen LogP contribution in [-0.2, 0) is 13.0 Å². The van der Waals surface area contributed by atoms with Gasteiger partial charge in [-0.3, -0.25) is 5.32 Å². The van der Waals surface area contributed by atoms with Gasteiger partial charge in [-0.2, -0.15) is 4.99 Å². The molecular formula is C25H28N6S. The van der Waals surface area contributed by atoms with Gasteiger partial charge in [-0.05, 0) is 75.2 Å². The zero-order valence-electron chi connectivity index (χ0n) is 18.9. The molecular weight excluding hydrogens is 416 g/mol. The highest BCUT2D eigenvalue weighted by Gasteiger charge is 2.21. The molecule has 6 nitrogen and oxygen atoms in total. The molecule has 1 aliphatic rings. The van der Waals surface area contributed by atoms with Crippen LogP contribution in [0.4, 0.5) is 11.6 Å². The van der Waals surface area contributed by atoms with Crippen molar-refractivity contribution in [3.8, 4) is 0 Å². The molecule has 7 heteroatoms. The summed E-state index contributed by atoms with van der Waals surface area (Å²) in [5.41, 5.74) is 7.77. The van der Waals surface area contributed by atoms with E-state index in [2.05, 4.69) is 75.7 Å². The molecule has 32 heavy (non-hydrogen) atoms. The fourth-order valence-electron chi connectivity index (χ4n) is 3.93. The molecule has 0 atom stereocenters. The number of anilines is 2. The van der Waals surface area contributed by atoms with Crippen LogP contribution in [0.5, 0.6) is 0 Å². The van der Waals surface area contributed by atoms with E-state index in [1.54, 1.807) is 0 Å². The Morgan fingerprint density at radius 2 is 1.66 bits per heavy atom. The van der Waals surface area contributed by atoms with Crippen LogP contribution < -0.4 is 10.6 Å². The highest BCUT2D eigenvalue weighted by Crippen LogP contribution is 2.20. The van der Waals surface area contributed by atoms with Crippen molar-refractivity contribution >= 4 is 34.9 Å². The van der Waals surface area contributed by atoms with Crippen LogP contribution in [-0.4, -0.2) is 32.5 Å². The van der Waals surface area contributed by atoms with Crippen LogP contribution in [0.3, 0.4) is 0 Å². The minimum absolute atomic E-state index is 0.391. The van der Waals surface area contributed by atoms with Crippen molar-refractivity contribution in [2.75, 3.05) is 17.2 Å². The first-order chi connectivity index (χ1) is 15.4. The molecule has 4 rings (SSSR count). The molecule has 2 heterocycles. The fourth-order valence-corrected chi connectivity index (χ4v) is 4.13. The van der Waals surface area contributed by atoms with E-state index >= 15 is 0 Å². The van der Waals surface area contributed by atoms with E-state index in [0.717, 1.165) is 42.1 Å². The number of nitrogens with one attached hydrogen (secondary N) is 2. The maximum atomic E-state index is 5.61. The van der Waals surface area contributed by atoms with E-state index in [4.69, 9.17) is 17.2 Å². The molecule has 0 radical (unpaired) electrons. The number of benzene rings is 2. The van der Waals surface area contributed by atoms with Crippen LogP contribution in [0.1, 0.15) is 33.6 Å². The first-order valence-electron chi connectivity index (χ1n) is 10.8. The molecule has 2 N–H and O–H groups in total. The van der Waals surface area contributed by atoms with Gasteiger partial charge in [0.1, 0.15) is 0 Å². The zero-order valence-corrected chi connectivity index (χ0v) is 19.8. The van der Waals surface area contributed by atoms with Crippen LogP contribution in [0, 0.1) is 27.7 Å². The van der Waals surface area contributed by atoms with Crippen molar-refractivity contribution in [1.29, 1.82) is 0 Å². The second-order valence-electron chi connectivity index (χ2n) is 8.22. The summed E-state index contributed by atoms with van der Waals surface area (Å²) in [4.78, 5) is 16.0. The number of nitrogens with zero attached hydrogens (tertiary/aromatic N) is 4. The van der Waals surface area contributed by atoms with Gasteiger partial charge in [0, 0.05) is 30.2 Å². The van der Waals surface area contributed by atoms with Crippen molar-refractivity contribution in [3.63, 3.8) is 0 Å². The van der Waals surface area contributed by atoms with Gasteiger partial charge < -0.3 is 10.2 Å². The summed E-state index contributed by atoms with van der Waals surface area (Å²) < 4.78 is 0. The first-order valence-corrected chi connectivity index (χ1v) is 11.2. The van der Waals surface area contributed by atoms with Crippen molar-refractivity contribution in [2.45, 2.75) is 40.7 Å². The molecule has 0 fully saturated rings. The van der Waals surface area contributed by atoms with E-state index in [9.17, 15) is 0 Å². The van der Waals surface area contributed by atoms with Gasteiger partial charge in [0.2, 0.25) is 17.0 Å². The summed E-state index contributed by atoms with van der Waals surface area (Å²) in [6.45, 7) is 9.64. The molecule has 0 saturated heterocycles. The Labute approximate surface area is 194 Å². The van der Waals surface area contributed by atoms with E-state index in [1.165, 1.54) is 16.7 Å². The summed E-state index contributed by atoms with van der Waals surface area (Å²) in [5, 5.41) is 6.99. The van der Waals surface area contributed by atoms with E-state index in [1.807, 2.05) is 26.0 Å². The van der Waals surface area contributed by atoms with Gasteiger partial charge in [-0.15, -0.1) is 0 Å². The van der Waals surface area contributed by atoms with Crippen LogP contribution in [0.15, 0.2) is 53.5 Å². The number of hydrogen-bond donors (Lipinski definition) is 2. The van der Waals surface area contributed by atoms with Crippen molar-refractivity contribution < 1.29 is 0 Å². The van der Waals surface area contributed by atoms with Gasteiger partial charge in [-0.1, -0.05) is 42.0 Å². The second-order valence-corrected chi connectivity index (χ2v) is 8.61. The summed E-state index contributed by atoms with van der Waals surface area (Å²) >= 11 is 5.61. The first kappa shape index (κ1) is 21.9. The quantitative estimate of drug-likeness (QED) is 0.332. The van der Waals surface area contributed by atoms with E-state index < -0.39 is 0 Å². The number of rotatable bonds is 2. The third-order valence-corrected chi connectivity index (χ3v) is 5.66. The Bertz CT molecular complexity index is 1170. The molecule has 2 aromatic carbocycles. The number of aromatic nitrogens is 2. The van der Waals surface area contributed by atoms with E-state index in [0.29, 0.717) is 17.0 Å². The molecule has 0 unspecified atom stereocenters. The number of thiocarbonyl (C=S) groups is 1. The van der Waals surface area contributed by atoms with Gasteiger partial charge in [0.05, 0.1) is 0 Å². The summed E-state index contributed by atoms with van der Waals surface area (Å²) in [7, 11) is 0. The van der Waals surface area contributed by atoms with Crippen LogP contribution >= 0.6 is 12.2 Å². The van der Waals surface area contributed by atoms with Gasteiger partial charge >= 0.3 is 0 Å². The minimum Gasteiger partial charge on any atom is -0.338 e. The maximum absolute atomic E-state index is 5.61. The molecule has 0 aliphatic carbocycles. The molecule has 1 aliphatic heterocycles. The van der Waals surface area contributed by atoms with Gasteiger partial charge in [0.15, 0.2) is 0 Å². The van der Waals surface area contributed by atoms with Crippen LogP contribution in [0.25, 0.3) is 0 Å².